The second-order valence-corrected chi connectivity index (χ2v) is 7.40. The Balaban J connectivity index is 1.29. The van der Waals surface area contributed by atoms with Crippen LogP contribution >= 0.6 is 0 Å². The van der Waals surface area contributed by atoms with Gasteiger partial charge in [0.25, 0.3) is 0 Å². The van der Waals surface area contributed by atoms with E-state index in [1.54, 1.807) is 0 Å². The lowest BCUT2D eigenvalue weighted by molar-refractivity contribution is 0.205. The summed E-state index contributed by atoms with van der Waals surface area (Å²) in [6, 6.07) is 11.1. The number of aromatic nitrogens is 4. The first kappa shape index (κ1) is 15.6. The Morgan fingerprint density at radius 2 is 2.04 bits per heavy atom. The van der Waals surface area contributed by atoms with E-state index in [0.29, 0.717) is 5.92 Å². The third-order valence-electron chi connectivity index (χ3n) is 5.72. The quantitative estimate of drug-likeness (QED) is 0.587. The van der Waals surface area contributed by atoms with E-state index in [9.17, 15) is 0 Å². The first-order valence-electron chi connectivity index (χ1n) is 9.36. The summed E-state index contributed by atoms with van der Waals surface area (Å²) in [6.07, 6.45) is 6.44. The second kappa shape index (κ2) is 6.25. The Bertz CT molecular complexity index is 1050. The standard InChI is InChI=1S/C21H23N5/c1-14-19-11-15(12-23-21(19)25-24-14)13-26-9-6-16(7-10-26)17-3-2-4-20-18(17)5-8-22-20/h2-5,8,11-12,16,22H,6-7,9-10,13H2,1H3,(H,23,24,25). The van der Waals surface area contributed by atoms with E-state index in [0.717, 1.165) is 36.4 Å². The highest BCUT2D eigenvalue weighted by atomic mass is 15.1. The van der Waals surface area contributed by atoms with Gasteiger partial charge in [-0.2, -0.15) is 5.10 Å². The van der Waals surface area contributed by atoms with E-state index in [4.69, 9.17) is 0 Å². The molecular weight excluding hydrogens is 322 g/mol. The van der Waals surface area contributed by atoms with Crippen LogP contribution in [0.3, 0.4) is 0 Å². The van der Waals surface area contributed by atoms with Gasteiger partial charge < -0.3 is 4.98 Å². The van der Waals surface area contributed by atoms with Gasteiger partial charge in [0.15, 0.2) is 5.65 Å². The highest BCUT2D eigenvalue weighted by Gasteiger charge is 2.22. The predicted octanol–water partition coefficient (Wildman–Crippen LogP) is 4.13. The van der Waals surface area contributed by atoms with Crippen molar-refractivity contribution in [2.24, 2.45) is 0 Å². The van der Waals surface area contributed by atoms with Crippen molar-refractivity contribution in [3.05, 3.63) is 59.5 Å². The van der Waals surface area contributed by atoms with Crippen molar-refractivity contribution in [3.63, 3.8) is 0 Å². The highest BCUT2D eigenvalue weighted by molar-refractivity contribution is 5.83. The molecule has 0 atom stereocenters. The number of benzene rings is 1. The number of rotatable bonds is 3. The van der Waals surface area contributed by atoms with Crippen molar-refractivity contribution in [3.8, 4) is 0 Å². The van der Waals surface area contributed by atoms with Gasteiger partial charge in [-0.05, 0) is 68.1 Å². The summed E-state index contributed by atoms with van der Waals surface area (Å²) >= 11 is 0. The lowest BCUT2D eigenvalue weighted by Crippen LogP contribution is -2.32. The maximum atomic E-state index is 4.49. The van der Waals surface area contributed by atoms with Crippen molar-refractivity contribution < 1.29 is 0 Å². The third kappa shape index (κ3) is 2.69. The molecule has 5 nitrogen and oxygen atoms in total. The molecule has 2 N–H and O–H groups in total. The number of piperidine rings is 1. The number of hydrogen-bond acceptors (Lipinski definition) is 3. The molecule has 1 saturated heterocycles. The first-order valence-corrected chi connectivity index (χ1v) is 9.36. The van der Waals surface area contributed by atoms with Crippen LogP contribution in [0.25, 0.3) is 21.9 Å². The molecule has 4 heterocycles. The van der Waals surface area contributed by atoms with E-state index >= 15 is 0 Å². The van der Waals surface area contributed by atoms with Crippen LogP contribution in [-0.4, -0.2) is 38.2 Å². The number of likely N-dealkylation sites (tertiary alicyclic amines) is 1. The van der Waals surface area contributed by atoms with Crippen molar-refractivity contribution in [2.45, 2.75) is 32.2 Å². The summed E-state index contributed by atoms with van der Waals surface area (Å²) in [5.74, 6) is 0.655. The minimum Gasteiger partial charge on any atom is -0.361 e. The minimum absolute atomic E-state index is 0.655. The molecule has 1 fully saturated rings. The summed E-state index contributed by atoms with van der Waals surface area (Å²) < 4.78 is 0. The summed E-state index contributed by atoms with van der Waals surface area (Å²) in [6.45, 7) is 5.28. The zero-order valence-corrected chi connectivity index (χ0v) is 15.0. The van der Waals surface area contributed by atoms with E-state index < -0.39 is 0 Å². The minimum atomic E-state index is 0.655. The van der Waals surface area contributed by atoms with Crippen molar-refractivity contribution in [1.82, 2.24) is 25.1 Å². The third-order valence-corrected chi connectivity index (χ3v) is 5.72. The summed E-state index contributed by atoms with van der Waals surface area (Å²) in [5, 5.41) is 9.75. The smallest absolute Gasteiger partial charge is 0.181 e. The normalized spacial score (nSPS) is 16.7. The number of aryl methyl sites for hydroxylation is 1. The van der Waals surface area contributed by atoms with Crippen LogP contribution in [0.1, 0.15) is 35.6 Å². The molecule has 1 aromatic carbocycles. The van der Waals surface area contributed by atoms with Gasteiger partial charge in [0, 0.05) is 40.9 Å². The molecule has 132 valence electrons. The van der Waals surface area contributed by atoms with Crippen LogP contribution in [0.15, 0.2) is 42.7 Å². The molecule has 0 unspecified atom stereocenters. The number of hydrogen-bond donors (Lipinski definition) is 2. The molecule has 1 aliphatic heterocycles. The lowest BCUT2D eigenvalue weighted by atomic mass is 9.87. The van der Waals surface area contributed by atoms with Gasteiger partial charge in [0.1, 0.15) is 0 Å². The fourth-order valence-electron chi connectivity index (χ4n) is 4.28. The Labute approximate surface area is 152 Å². The number of pyridine rings is 1. The van der Waals surface area contributed by atoms with Gasteiger partial charge in [-0.3, -0.25) is 10.00 Å². The lowest BCUT2D eigenvalue weighted by Gasteiger charge is -2.32. The Morgan fingerprint density at radius 1 is 1.15 bits per heavy atom. The monoisotopic (exact) mass is 345 g/mol. The van der Waals surface area contributed by atoms with Crippen LogP contribution < -0.4 is 0 Å². The zero-order valence-electron chi connectivity index (χ0n) is 15.0. The molecule has 26 heavy (non-hydrogen) atoms. The predicted molar refractivity (Wildman–Crippen MR) is 104 cm³/mol. The van der Waals surface area contributed by atoms with Gasteiger partial charge in [-0.15, -0.1) is 0 Å². The molecule has 5 heteroatoms. The van der Waals surface area contributed by atoms with Crippen molar-refractivity contribution in [1.29, 1.82) is 0 Å². The van der Waals surface area contributed by atoms with Gasteiger partial charge in [-0.25, -0.2) is 4.98 Å². The maximum absolute atomic E-state index is 4.49. The largest absolute Gasteiger partial charge is 0.361 e. The van der Waals surface area contributed by atoms with E-state index in [1.807, 2.05) is 19.3 Å². The fourth-order valence-corrected chi connectivity index (χ4v) is 4.28. The van der Waals surface area contributed by atoms with Crippen LogP contribution in [0.4, 0.5) is 0 Å². The summed E-state index contributed by atoms with van der Waals surface area (Å²) in [7, 11) is 0. The van der Waals surface area contributed by atoms with Crippen molar-refractivity contribution in [2.75, 3.05) is 13.1 Å². The number of nitrogens with zero attached hydrogens (tertiary/aromatic N) is 3. The Morgan fingerprint density at radius 3 is 2.92 bits per heavy atom. The van der Waals surface area contributed by atoms with E-state index in [2.05, 4.69) is 55.4 Å². The van der Waals surface area contributed by atoms with Crippen LogP contribution in [0.2, 0.25) is 0 Å². The SMILES string of the molecule is Cc1[nH]nc2ncc(CN3CCC(c4cccc5[nH]ccc45)CC3)cc12. The number of fused-ring (bicyclic) bond motifs is 2. The molecule has 0 aliphatic carbocycles. The molecule has 0 saturated carbocycles. The van der Waals surface area contributed by atoms with Crippen LogP contribution in [0, 0.1) is 6.92 Å². The van der Waals surface area contributed by atoms with Gasteiger partial charge in [0.2, 0.25) is 0 Å². The average Bonchev–Trinajstić information content (AvgIpc) is 3.29. The summed E-state index contributed by atoms with van der Waals surface area (Å²) in [4.78, 5) is 10.4. The van der Waals surface area contributed by atoms with E-state index in [1.165, 1.54) is 34.9 Å². The topological polar surface area (TPSA) is 60.6 Å². The second-order valence-electron chi connectivity index (χ2n) is 7.40. The van der Waals surface area contributed by atoms with Crippen LogP contribution in [0.5, 0.6) is 0 Å². The van der Waals surface area contributed by atoms with Crippen molar-refractivity contribution >= 4 is 21.9 Å². The fraction of sp³-hybridized carbons (Fsp3) is 0.333. The number of nitrogens with one attached hydrogen (secondary N) is 2. The Kier molecular flexibility index (Phi) is 3.75. The molecule has 0 spiro atoms. The van der Waals surface area contributed by atoms with Gasteiger partial charge in [-0.1, -0.05) is 12.1 Å². The molecule has 0 bridgehead atoms. The zero-order chi connectivity index (χ0) is 17.5. The molecule has 4 aromatic rings. The van der Waals surface area contributed by atoms with Gasteiger partial charge in [0.05, 0.1) is 0 Å². The number of aromatic amines is 2. The molecule has 0 amide bonds. The Hall–Kier alpha value is -2.66. The average molecular weight is 345 g/mol. The molecule has 5 rings (SSSR count). The maximum Gasteiger partial charge on any atom is 0.181 e. The molecule has 3 aromatic heterocycles. The molecule has 0 radical (unpaired) electrons. The first-order chi connectivity index (χ1) is 12.8. The highest BCUT2D eigenvalue weighted by Crippen LogP contribution is 2.33. The molecular formula is C21H23N5. The molecule has 1 aliphatic rings. The van der Waals surface area contributed by atoms with Crippen LogP contribution in [-0.2, 0) is 6.54 Å². The van der Waals surface area contributed by atoms with E-state index in [-0.39, 0.29) is 0 Å². The number of H-pyrrole nitrogens is 2. The van der Waals surface area contributed by atoms with Gasteiger partial charge >= 0.3 is 0 Å². The summed E-state index contributed by atoms with van der Waals surface area (Å²) in [5.41, 5.74) is 5.92.